The summed E-state index contributed by atoms with van der Waals surface area (Å²) in [6, 6.07) is 5.68. The number of ether oxygens (including phenoxy) is 2. The minimum atomic E-state index is -0.587. The molecule has 2 amide bonds. The van der Waals surface area contributed by atoms with Crippen LogP contribution in [0.25, 0.3) is 27.8 Å². The number of hydrogen-bond donors (Lipinski definition) is 1. The maximum Gasteiger partial charge on any atom is 0.407 e. The molecular formula is C31H37ClN6O4. The number of halogens is 1. The molecule has 4 aromatic rings. The van der Waals surface area contributed by atoms with Gasteiger partial charge in [-0.2, -0.15) is 5.10 Å². The molecule has 0 bridgehead atoms. The first-order valence-electron chi connectivity index (χ1n) is 14.5. The Morgan fingerprint density at radius 1 is 1.17 bits per heavy atom. The predicted molar refractivity (Wildman–Crippen MR) is 161 cm³/mol. The van der Waals surface area contributed by atoms with Crippen LogP contribution in [0.1, 0.15) is 62.4 Å². The summed E-state index contributed by atoms with van der Waals surface area (Å²) in [5, 5.41) is 9.40. The van der Waals surface area contributed by atoms with Crippen molar-refractivity contribution in [2.45, 2.75) is 71.6 Å². The normalized spacial score (nSPS) is 17.6. The molecule has 10 nitrogen and oxygen atoms in total. The number of fused-ring (bicyclic) bond motifs is 2. The van der Waals surface area contributed by atoms with E-state index < -0.39 is 11.7 Å². The molecule has 222 valence electrons. The van der Waals surface area contributed by atoms with Crippen LogP contribution in [0.4, 0.5) is 4.79 Å². The molecule has 5 heterocycles. The Kier molecular flexibility index (Phi) is 7.29. The second-order valence-corrected chi connectivity index (χ2v) is 12.8. The quantitative estimate of drug-likeness (QED) is 0.281. The second kappa shape index (κ2) is 10.8. The van der Waals surface area contributed by atoms with Gasteiger partial charge in [0.25, 0.3) is 5.91 Å². The topological polar surface area (TPSA) is 103 Å². The first kappa shape index (κ1) is 28.3. The van der Waals surface area contributed by atoms with Gasteiger partial charge in [-0.25, -0.2) is 14.3 Å². The summed E-state index contributed by atoms with van der Waals surface area (Å²) in [7, 11) is 1.60. The molecule has 2 fully saturated rings. The van der Waals surface area contributed by atoms with Gasteiger partial charge < -0.3 is 24.3 Å². The Morgan fingerprint density at radius 3 is 2.67 bits per heavy atom. The highest BCUT2D eigenvalue weighted by molar-refractivity contribution is 6.34. The number of aromatic nitrogens is 4. The van der Waals surface area contributed by atoms with Gasteiger partial charge in [0.2, 0.25) is 0 Å². The Hall–Kier alpha value is -3.79. The summed E-state index contributed by atoms with van der Waals surface area (Å²) in [4.78, 5) is 32.2. The fourth-order valence-electron chi connectivity index (χ4n) is 5.85. The maximum absolute atomic E-state index is 13.7. The van der Waals surface area contributed by atoms with Crippen LogP contribution in [-0.4, -0.2) is 67.9 Å². The Bertz CT molecular complexity index is 1680. The van der Waals surface area contributed by atoms with Crippen LogP contribution in [-0.2, 0) is 11.3 Å². The van der Waals surface area contributed by atoms with Crippen LogP contribution < -0.4 is 10.1 Å². The highest BCUT2D eigenvalue weighted by Crippen LogP contribution is 2.39. The Balaban J connectivity index is 1.33. The van der Waals surface area contributed by atoms with Crippen molar-refractivity contribution in [1.82, 2.24) is 29.4 Å². The fourth-order valence-corrected chi connectivity index (χ4v) is 6.12. The van der Waals surface area contributed by atoms with Gasteiger partial charge in [-0.15, -0.1) is 0 Å². The highest BCUT2D eigenvalue weighted by Gasteiger charge is 2.30. The van der Waals surface area contributed by atoms with Gasteiger partial charge in [0.15, 0.2) is 5.15 Å². The zero-order valence-electron chi connectivity index (χ0n) is 24.7. The van der Waals surface area contributed by atoms with Crippen molar-refractivity contribution in [1.29, 1.82) is 0 Å². The molecule has 0 radical (unpaired) electrons. The van der Waals surface area contributed by atoms with E-state index in [1.54, 1.807) is 35.0 Å². The van der Waals surface area contributed by atoms with Gasteiger partial charge in [-0.3, -0.25) is 4.79 Å². The number of methoxy groups -OCH3 is 1. The predicted octanol–water partition coefficient (Wildman–Crippen LogP) is 5.86. The van der Waals surface area contributed by atoms with Crippen LogP contribution in [0.5, 0.6) is 5.75 Å². The summed E-state index contributed by atoms with van der Waals surface area (Å²) in [6.45, 7) is 9.37. The van der Waals surface area contributed by atoms with Crippen molar-refractivity contribution in [3.63, 3.8) is 0 Å². The van der Waals surface area contributed by atoms with Crippen molar-refractivity contribution in [3.8, 4) is 17.1 Å². The van der Waals surface area contributed by atoms with E-state index >= 15 is 0 Å². The lowest BCUT2D eigenvalue weighted by Gasteiger charge is -2.33. The first-order valence-corrected chi connectivity index (χ1v) is 14.9. The third-order valence-corrected chi connectivity index (χ3v) is 8.25. The average molecular weight is 593 g/mol. The second-order valence-electron chi connectivity index (χ2n) is 12.4. The molecule has 0 spiro atoms. The van der Waals surface area contributed by atoms with E-state index in [2.05, 4.69) is 20.9 Å². The summed E-state index contributed by atoms with van der Waals surface area (Å²) in [5.74, 6) is 1.05. The highest BCUT2D eigenvalue weighted by atomic mass is 35.5. The lowest BCUT2D eigenvalue weighted by atomic mass is 10.0. The molecule has 1 aliphatic heterocycles. The summed E-state index contributed by atoms with van der Waals surface area (Å²) < 4.78 is 15.2. The zero-order chi connectivity index (χ0) is 29.8. The van der Waals surface area contributed by atoms with E-state index in [0.717, 1.165) is 52.8 Å². The van der Waals surface area contributed by atoms with Crippen LogP contribution in [0, 0.1) is 12.8 Å². The molecule has 1 saturated heterocycles. The van der Waals surface area contributed by atoms with E-state index in [4.69, 9.17) is 26.2 Å². The molecule has 1 aliphatic carbocycles. The van der Waals surface area contributed by atoms with Crippen LogP contribution in [0.2, 0.25) is 5.15 Å². The standard InChI is InChI=1S/C31H37ClN6O4/c1-18-25(23-13-20-10-11-33-28(32)27(20)37(23)15-19-8-9-19)35-38-16-21(14-24(41-5)26(18)38)29(39)36-12-6-7-22(17-36)34-30(40)42-31(2,3)4/h10-11,13-14,16,19,22H,6-9,12,15,17H2,1-5H3,(H,34,40). The van der Waals surface area contributed by atoms with Crippen molar-refractivity contribution >= 4 is 40.0 Å². The van der Waals surface area contributed by atoms with E-state index in [9.17, 15) is 9.59 Å². The number of amides is 2. The van der Waals surface area contributed by atoms with Gasteiger partial charge in [0.1, 0.15) is 22.6 Å². The zero-order valence-corrected chi connectivity index (χ0v) is 25.5. The van der Waals surface area contributed by atoms with Gasteiger partial charge in [0.05, 0.1) is 23.9 Å². The number of carbonyl (C=O) groups excluding carboxylic acids is 2. The fraction of sp³-hybridized carbons (Fsp3) is 0.484. The number of aryl methyl sites for hydroxylation is 1. The molecule has 0 aromatic carbocycles. The lowest BCUT2D eigenvalue weighted by molar-refractivity contribution is 0.0452. The SMILES string of the molecule is COc1cc(C(=O)N2CCCC(NC(=O)OC(C)(C)C)C2)cn2nc(-c3cc4ccnc(Cl)c4n3CC3CC3)c(C)c12. The lowest BCUT2D eigenvalue weighted by Crippen LogP contribution is -2.50. The van der Waals surface area contributed by atoms with Crippen molar-refractivity contribution in [3.05, 3.63) is 46.9 Å². The first-order chi connectivity index (χ1) is 20.0. The van der Waals surface area contributed by atoms with Gasteiger partial charge in [-0.05, 0) is 77.5 Å². The molecular weight excluding hydrogens is 556 g/mol. The third kappa shape index (κ3) is 5.52. The van der Waals surface area contributed by atoms with Crippen molar-refractivity contribution in [2.24, 2.45) is 5.92 Å². The Labute approximate surface area is 249 Å². The minimum absolute atomic E-state index is 0.138. The number of hydrogen-bond acceptors (Lipinski definition) is 6. The Morgan fingerprint density at radius 2 is 1.95 bits per heavy atom. The molecule has 1 saturated carbocycles. The number of alkyl carbamates (subject to hydrolysis) is 1. The number of carbonyl (C=O) groups is 2. The average Bonchev–Trinajstić information content (AvgIpc) is 3.59. The van der Waals surface area contributed by atoms with E-state index in [-0.39, 0.29) is 11.9 Å². The van der Waals surface area contributed by atoms with Crippen molar-refractivity contribution < 1.29 is 19.1 Å². The number of likely N-dealkylation sites (tertiary alicyclic amines) is 1. The van der Waals surface area contributed by atoms with Gasteiger partial charge >= 0.3 is 6.09 Å². The van der Waals surface area contributed by atoms with Crippen LogP contribution >= 0.6 is 11.6 Å². The van der Waals surface area contributed by atoms with E-state index in [1.165, 1.54) is 12.8 Å². The van der Waals surface area contributed by atoms with Crippen LogP contribution in [0.15, 0.2) is 30.6 Å². The number of piperidine rings is 1. The van der Waals surface area contributed by atoms with Gasteiger partial charge in [-0.1, -0.05) is 11.6 Å². The number of nitrogens with one attached hydrogen (secondary N) is 1. The number of nitrogens with zero attached hydrogens (tertiary/aromatic N) is 5. The molecule has 1 N–H and O–H groups in total. The largest absolute Gasteiger partial charge is 0.494 e. The minimum Gasteiger partial charge on any atom is -0.494 e. The third-order valence-electron chi connectivity index (χ3n) is 7.97. The molecule has 2 aliphatic rings. The molecule has 4 aromatic heterocycles. The van der Waals surface area contributed by atoms with Crippen LogP contribution in [0.3, 0.4) is 0 Å². The van der Waals surface area contributed by atoms with E-state index in [0.29, 0.717) is 35.5 Å². The number of rotatable bonds is 6. The molecule has 1 unspecified atom stereocenters. The molecule has 6 rings (SSSR count). The summed E-state index contributed by atoms with van der Waals surface area (Å²) >= 11 is 6.58. The maximum atomic E-state index is 13.7. The molecule has 42 heavy (non-hydrogen) atoms. The molecule has 1 atom stereocenters. The van der Waals surface area contributed by atoms with Crippen molar-refractivity contribution in [2.75, 3.05) is 20.2 Å². The van der Waals surface area contributed by atoms with E-state index in [1.807, 2.05) is 33.8 Å². The smallest absolute Gasteiger partial charge is 0.407 e. The monoisotopic (exact) mass is 592 g/mol. The molecule has 11 heteroatoms. The summed E-state index contributed by atoms with van der Waals surface area (Å²) in [5.41, 5.74) is 4.34. The summed E-state index contributed by atoms with van der Waals surface area (Å²) in [6.07, 6.45) is 6.98. The number of pyridine rings is 2. The van der Waals surface area contributed by atoms with Gasteiger partial charge in [0, 0.05) is 49.0 Å².